The molecule has 144 valence electrons. The van der Waals surface area contributed by atoms with Crippen LogP contribution in [0.3, 0.4) is 0 Å². The Morgan fingerprint density at radius 3 is 2.73 bits per heavy atom. The molecule has 0 aromatic carbocycles. The molecule has 1 heterocycles. The van der Waals surface area contributed by atoms with Crippen LogP contribution < -0.4 is 15.4 Å². The van der Waals surface area contributed by atoms with Crippen molar-refractivity contribution in [1.82, 2.24) is 15.6 Å². The summed E-state index contributed by atoms with van der Waals surface area (Å²) in [7, 11) is 3.58. The lowest BCUT2D eigenvalue weighted by Gasteiger charge is -2.42. The second-order valence-electron chi connectivity index (χ2n) is 7.63. The molecule has 6 nitrogen and oxygen atoms in total. The molecule has 0 amide bonds. The van der Waals surface area contributed by atoms with Crippen molar-refractivity contribution in [3.05, 3.63) is 23.9 Å². The fraction of sp³-hybridized carbons (Fsp3) is 0.700. The SMILES string of the molecule is CN=C(NCc1ccc(OCC2CC2)nc1)NCC1(CCOC)CCC1. The third-order valence-electron chi connectivity index (χ3n) is 5.53. The summed E-state index contributed by atoms with van der Waals surface area (Å²) in [6, 6.07) is 4.01. The Balaban J connectivity index is 1.40. The average molecular weight is 361 g/mol. The van der Waals surface area contributed by atoms with Crippen molar-refractivity contribution in [2.75, 3.05) is 33.9 Å². The third kappa shape index (κ3) is 5.59. The molecule has 26 heavy (non-hydrogen) atoms. The number of rotatable bonds is 10. The van der Waals surface area contributed by atoms with Gasteiger partial charge in [0.25, 0.3) is 0 Å². The predicted molar refractivity (Wildman–Crippen MR) is 103 cm³/mol. The molecule has 0 saturated heterocycles. The van der Waals surface area contributed by atoms with Gasteiger partial charge in [-0.25, -0.2) is 4.98 Å². The summed E-state index contributed by atoms with van der Waals surface area (Å²) in [5.41, 5.74) is 1.49. The van der Waals surface area contributed by atoms with Gasteiger partial charge >= 0.3 is 0 Å². The van der Waals surface area contributed by atoms with Gasteiger partial charge in [0.1, 0.15) is 0 Å². The Labute approximate surface area is 156 Å². The zero-order chi connectivity index (χ0) is 18.2. The fourth-order valence-corrected chi connectivity index (χ4v) is 3.28. The minimum absolute atomic E-state index is 0.371. The van der Waals surface area contributed by atoms with Crippen molar-refractivity contribution in [1.29, 1.82) is 0 Å². The Morgan fingerprint density at radius 1 is 1.31 bits per heavy atom. The molecule has 2 N–H and O–H groups in total. The topological polar surface area (TPSA) is 67.8 Å². The Hall–Kier alpha value is -1.82. The minimum Gasteiger partial charge on any atom is -0.477 e. The zero-order valence-corrected chi connectivity index (χ0v) is 16.1. The molecular formula is C20H32N4O2. The normalized spacial score (nSPS) is 18.9. The number of pyridine rings is 1. The van der Waals surface area contributed by atoms with Crippen LogP contribution in [0.25, 0.3) is 0 Å². The number of nitrogens with zero attached hydrogens (tertiary/aromatic N) is 2. The van der Waals surface area contributed by atoms with E-state index in [1.807, 2.05) is 19.3 Å². The second kappa shape index (κ2) is 9.21. The van der Waals surface area contributed by atoms with Gasteiger partial charge < -0.3 is 20.1 Å². The maximum Gasteiger partial charge on any atom is 0.213 e. The smallest absolute Gasteiger partial charge is 0.213 e. The molecule has 0 radical (unpaired) electrons. The first-order valence-electron chi connectivity index (χ1n) is 9.74. The highest BCUT2D eigenvalue weighted by atomic mass is 16.5. The minimum atomic E-state index is 0.371. The standard InChI is InChI=1S/C20H32N4O2/c1-21-19(24-15-20(8-3-9-20)10-11-25-2)23-13-17-6-7-18(22-12-17)26-14-16-4-5-16/h6-7,12,16H,3-5,8-11,13-15H2,1-2H3,(H2,21,23,24). The molecular weight excluding hydrogens is 328 g/mol. The van der Waals surface area contributed by atoms with Gasteiger partial charge in [-0.15, -0.1) is 0 Å². The van der Waals surface area contributed by atoms with Gasteiger partial charge in [0.2, 0.25) is 5.88 Å². The molecule has 2 aliphatic rings. The van der Waals surface area contributed by atoms with Crippen LogP contribution in [-0.2, 0) is 11.3 Å². The van der Waals surface area contributed by atoms with Crippen LogP contribution in [0.2, 0.25) is 0 Å². The van der Waals surface area contributed by atoms with Crippen molar-refractivity contribution in [2.24, 2.45) is 16.3 Å². The van der Waals surface area contributed by atoms with Crippen LogP contribution in [-0.4, -0.2) is 44.9 Å². The lowest BCUT2D eigenvalue weighted by Crippen LogP contribution is -2.46. The highest BCUT2D eigenvalue weighted by molar-refractivity contribution is 5.79. The molecule has 2 saturated carbocycles. The summed E-state index contributed by atoms with van der Waals surface area (Å²) in [6.45, 7) is 3.27. The molecule has 0 aliphatic heterocycles. The number of guanidine groups is 1. The van der Waals surface area contributed by atoms with Crippen molar-refractivity contribution >= 4 is 5.96 Å². The summed E-state index contributed by atoms with van der Waals surface area (Å²) in [5, 5.41) is 6.85. The Bertz CT molecular complexity index is 580. The van der Waals surface area contributed by atoms with Gasteiger partial charge in [-0.05, 0) is 49.0 Å². The first-order valence-corrected chi connectivity index (χ1v) is 9.74. The Morgan fingerprint density at radius 2 is 2.15 bits per heavy atom. The van der Waals surface area contributed by atoms with Crippen LogP contribution in [0, 0.1) is 11.3 Å². The number of nitrogens with one attached hydrogen (secondary N) is 2. The lowest BCUT2D eigenvalue weighted by molar-refractivity contribution is 0.0732. The summed E-state index contributed by atoms with van der Waals surface area (Å²) in [5.74, 6) is 2.30. The first kappa shape index (κ1) is 19.0. The largest absolute Gasteiger partial charge is 0.477 e. The number of aromatic nitrogens is 1. The van der Waals surface area contributed by atoms with Gasteiger partial charge in [-0.1, -0.05) is 12.5 Å². The van der Waals surface area contributed by atoms with E-state index in [9.17, 15) is 0 Å². The number of aliphatic imine (C=N–C) groups is 1. The van der Waals surface area contributed by atoms with E-state index in [4.69, 9.17) is 9.47 Å². The molecule has 6 heteroatoms. The molecule has 2 aliphatic carbocycles. The monoisotopic (exact) mass is 360 g/mol. The zero-order valence-electron chi connectivity index (χ0n) is 16.1. The van der Waals surface area contributed by atoms with Crippen molar-refractivity contribution < 1.29 is 9.47 Å². The molecule has 1 aromatic heterocycles. The molecule has 1 aromatic rings. The number of ether oxygens (including phenoxy) is 2. The van der Waals surface area contributed by atoms with Gasteiger partial charge in [0.15, 0.2) is 5.96 Å². The van der Waals surface area contributed by atoms with E-state index >= 15 is 0 Å². The molecule has 0 atom stereocenters. The van der Waals surface area contributed by atoms with E-state index in [-0.39, 0.29) is 0 Å². The molecule has 3 rings (SSSR count). The van der Waals surface area contributed by atoms with Crippen LogP contribution in [0.15, 0.2) is 23.3 Å². The molecule has 0 unspecified atom stereocenters. The fourth-order valence-electron chi connectivity index (χ4n) is 3.28. The van der Waals surface area contributed by atoms with E-state index in [0.717, 1.165) is 43.6 Å². The average Bonchev–Trinajstić information content (AvgIpc) is 3.46. The van der Waals surface area contributed by atoms with E-state index in [1.54, 1.807) is 7.11 Å². The van der Waals surface area contributed by atoms with Crippen LogP contribution in [0.5, 0.6) is 5.88 Å². The molecule has 0 spiro atoms. The van der Waals surface area contributed by atoms with Crippen molar-refractivity contribution in [3.8, 4) is 5.88 Å². The summed E-state index contributed by atoms with van der Waals surface area (Å²) in [6.07, 6.45) is 9.42. The van der Waals surface area contributed by atoms with Crippen LogP contribution in [0.4, 0.5) is 0 Å². The highest BCUT2D eigenvalue weighted by Gasteiger charge is 2.36. The van der Waals surface area contributed by atoms with E-state index in [2.05, 4.69) is 26.7 Å². The van der Waals surface area contributed by atoms with Gasteiger partial charge in [-0.3, -0.25) is 4.99 Å². The van der Waals surface area contributed by atoms with Gasteiger partial charge in [0, 0.05) is 46.1 Å². The summed E-state index contributed by atoms with van der Waals surface area (Å²) in [4.78, 5) is 8.72. The van der Waals surface area contributed by atoms with Crippen molar-refractivity contribution in [3.63, 3.8) is 0 Å². The number of methoxy groups -OCH3 is 1. The van der Waals surface area contributed by atoms with Gasteiger partial charge in [-0.2, -0.15) is 0 Å². The third-order valence-corrected chi connectivity index (χ3v) is 5.53. The predicted octanol–water partition coefficient (Wildman–Crippen LogP) is 2.74. The van der Waals surface area contributed by atoms with Crippen LogP contribution >= 0.6 is 0 Å². The van der Waals surface area contributed by atoms with Crippen LogP contribution in [0.1, 0.15) is 44.1 Å². The highest BCUT2D eigenvalue weighted by Crippen LogP contribution is 2.43. The summed E-state index contributed by atoms with van der Waals surface area (Å²) >= 11 is 0. The quantitative estimate of drug-likeness (QED) is 0.496. The van der Waals surface area contributed by atoms with E-state index < -0.39 is 0 Å². The maximum atomic E-state index is 5.68. The molecule has 0 bridgehead atoms. The van der Waals surface area contributed by atoms with Crippen molar-refractivity contribution in [2.45, 2.75) is 45.1 Å². The number of hydrogen-bond acceptors (Lipinski definition) is 4. The maximum absolute atomic E-state index is 5.68. The lowest BCUT2D eigenvalue weighted by atomic mass is 9.67. The van der Waals surface area contributed by atoms with Gasteiger partial charge in [0.05, 0.1) is 6.61 Å². The van der Waals surface area contributed by atoms with E-state index in [1.165, 1.54) is 32.1 Å². The number of hydrogen-bond donors (Lipinski definition) is 2. The first-order chi connectivity index (χ1) is 12.7. The second-order valence-corrected chi connectivity index (χ2v) is 7.63. The Kier molecular flexibility index (Phi) is 6.72. The summed E-state index contributed by atoms with van der Waals surface area (Å²) < 4.78 is 10.9. The van der Waals surface area contributed by atoms with E-state index in [0.29, 0.717) is 17.8 Å². The molecule has 2 fully saturated rings.